The van der Waals surface area contributed by atoms with E-state index in [4.69, 9.17) is 18.9 Å². The summed E-state index contributed by atoms with van der Waals surface area (Å²) < 4.78 is 22.1. The highest BCUT2D eigenvalue weighted by Crippen LogP contribution is 2.36. The second-order valence-electron chi connectivity index (χ2n) is 9.62. The van der Waals surface area contributed by atoms with Crippen molar-refractivity contribution in [2.24, 2.45) is 5.92 Å². The SMILES string of the molecule is COc1cc(C)cc(C(c2cc(C)cc(OC)c2)[C@H](C)OC(=O)[C@H](C)CC(=O)c2c(O)c(OC)cc[n+]2[O-])c1. The standard InChI is InChI=1S/C30H35NO8/c1-17-10-21(15-23(12-17)36-5)27(22-11-18(2)13-24(16-22)37-6)20(4)39-30(34)19(3)14-25(32)28-29(33)26(38-7)8-9-31(28)35/h8-13,15-16,19-20,27,33H,14H2,1-7H3/t19-,20+/m1/s1. The third-order valence-electron chi connectivity index (χ3n) is 6.52. The summed E-state index contributed by atoms with van der Waals surface area (Å²) in [5, 5.41) is 22.5. The monoisotopic (exact) mass is 537 g/mol. The Labute approximate surface area is 228 Å². The van der Waals surface area contributed by atoms with Crippen molar-refractivity contribution in [2.45, 2.75) is 46.1 Å². The first-order valence-electron chi connectivity index (χ1n) is 12.5. The maximum Gasteiger partial charge on any atom is 0.309 e. The maximum absolute atomic E-state index is 13.2. The van der Waals surface area contributed by atoms with Gasteiger partial charge in [0, 0.05) is 18.4 Å². The first-order chi connectivity index (χ1) is 18.5. The minimum atomic E-state index is -0.884. The number of hydrogen-bond acceptors (Lipinski definition) is 8. The maximum atomic E-state index is 13.2. The lowest BCUT2D eigenvalue weighted by Gasteiger charge is -2.27. The number of rotatable bonds is 11. The second kappa shape index (κ2) is 12.5. The van der Waals surface area contributed by atoms with E-state index >= 15 is 0 Å². The second-order valence-corrected chi connectivity index (χ2v) is 9.62. The smallest absolute Gasteiger partial charge is 0.309 e. The average Bonchev–Trinajstić information content (AvgIpc) is 2.88. The quantitative estimate of drug-likeness (QED) is 0.163. The van der Waals surface area contributed by atoms with E-state index in [9.17, 15) is 19.9 Å². The van der Waals surface area contributed by atoms with Crippen LogP contribution < -0.4 is 18.9 Å². The zero-order chi connectivity index (χ0) is 28.9. The first-order valence-corrected chi connectivity index (χ1v) is 12.5. The van der Waals surface area contributed by atoms with E-state index in [1.807, 2.05) is 50.2 Å². The van der Waals surface area contributed by atoms with Crippen molar-refractivity contribution >= 4 is 11.8 Å². The summed E-state index contributed by atoms with van der Waals surface area (Å²) in [4.78, 5) is 26.0. The summed E-state index contributed by atoms with van der Waals surface area (Å²) in [6.07, 6.45) is 0.0892. The minimum absolute atomic E-state index is 0.0145. The summed E-state index contributed by atoms with van der Waals surface area (Å²) in [5.41, 5.74) is 3.25. The number of nitrogens with zero attached hydrogens (tertiary/aromatic N) is 1. The van der Waals surface area contributed by atoms with E-state index in [2.05, 4.69) is 0 Å². The van der Waals surface area contributed by atoms with Gasteiger partial charge in [-0.25, -0.2) is 0 Å². The molecule has 0 amide bonds. The topological polar surface area (TPSA) is 118 Å². The highest BCUT2D eigenvalue weighted by atomic mass is 16.5. The van der Waals surface area contributed by atoms with Gasteiger partial charge in [-0.3, -0.25) is 9.59 Å². The van der Waals surface area contributed by atoms with Crippen LogP contribution in [0.4, 0.5) is 0 Å². The van der Waals surface area contributed by atoms with Crippen molar-refractivity contribution in [3.8, 4) is 23.0 Å². The number of hydrogen-bond donors (Lipinski definition) is 1. The van der Waals surface area contributed by atoms with Crippen LogP contribution in [0.15, 0.2) is 48.7 Å². The third kappa shape index (κ3) is 6.79. The molecule has 0 saturated carbocycles. The number of esters is 1. The van der Waals surface area contributed by atoms with Crippen LogP contribution in [0.1, 0.15) is 58.9 Å². The lowest BCUT2D eigenvalue weighted by atomic mass is 9.85. The normalized spacial score (nSPS) is 12.5. The number of methoxy groups -OCH3 is 3. The zero-order valence-electron chi connectivity index (χ0n) is 23.3. The van der Waals surface area contributed by atoms with Gasteiger partial charge in [0.15, 0.2) is 11.9 Å². The van der Waals surface area contributed by atoms with Gasteiger partial charge in [0.1, 0.15) is 17.6 Å². The van der Waals surface area contributed by atoms with Crippen molar-refractivity contribution < 1.29 is 38.4 Å². The number of carbonyl (C=O) groups excluding carboxylic acids is 2. The molecule has 3 aromatic rings. The van der Waals surface area contributed by atoms with E-state index in [0.29, 0.717) is 11.5 Å². The van der Waals surface area contributed by atoms with E-state index in [1.54, 1.807) is 28.1 Å². The number of ketones is 1. The number of ether oxygens (including phenoxy) is 4. The molecule has 0 aliphatic heterocycles. The number of pyridine rings is 1. The molecule has 0 saturated heterocycles. The minimum Gasteiger partial charge on any atom is -0.618 e. The van der Waals surface area contributed by atoms with E-state index < -0.39 is 35.2 Å². The van der Waals surface area contributed by atoms with Crippen LogP contribution in [0.2, 0.25) is 0 Å². The molecule has 2 aromatic carbocycles. The van der Waals surface area contributed by atoms with Gasteiger partial charge in [-0.1, -0.05) is 19.1 Å². The molecule has 3 rings (SSSR count). The van der Waals surface area contributed by atoms with Crippen molar-refractivity contribution in [3.63, 3.8) is 0 Å². The summed E-state index contributed by atoms with van der Waals surface area (Å²) in [6, 6.07) is 12.9. The van der Waals surface area contributed by atoms with Crippen LogP contribution in [0, 0.1) is 25.0 Å². The Morgan fingerprint density at radius 2 is 1.44 bits per heavy atom. The summed E-state index contributed by atoms with van der Waals surface area (Å²) in [7, 11) is 4.50. The first kappa shape index (κ1) is 29.3. The van der Waals surface area contributed by atoms with Gasteiger partial charge in [-0.05, 0) is 67.3 Å². The fraction of sp³-hybridized carbons (Fsp3) is 0.367. The van der Waals surface area contributed by atoms with Gasteiger partial charge in [0.05, 0.1) is 27.2 Å². The number of benzene rings is 2. The molecule has 9 heteroatoms. The Hall–Kier alpha value is -4.27. The van der Waals surface area contributed by atoms with Gasteiger partial charge in [0.25, 0.3) is 0 Å². The highest BCUT2D eigenvalue weighted by Gasteiger charge is 2.32. The third-order valence-corrected chi connectivity index (χ3v) is 6.52. The molecule has 0 spiro atoms. The van der Waals surface area contributed by atoms with Crippen molar-refractivity contribution in [1.29, 1.82) is 0 Å². The van der Waals surface area contributed by atoms with Crippen LogP contribution in [-0.2, 0) is 9.53 Å². The van der Waals surface area contributed by atoms with E-state index in [1.165, 1.54) is 13.2 Å². The number of aromatic hydroxyl groups is 1. The fourth-order valence-corrected chi connectivity index (χ4v) is 4.64. The molecule has 0 aliphatic carbocycles. The van der Waals surface area contributed by atoms with Crippen LogP contribution in [0.3, 0.4) is 0 Å². The van der Waals surface area contributed by atoms with Crippen LogP contribution >= 0.6 is 0 Å². The van der Waals surface area contributed by atoms with Crippen LogP contribution in [-0.4, -0.2) is 44.3 Å². The average molecular weight is 538 g/mol. The predicted octanol–water partition coefficient (Wildman–Crippen LogP) is 4.64. The van der Waals surface area contributed by atoms with Crippen molar-refractivity contribution in [2.75, 3.05) is 21.3 Å². The van der Waals surface area contributed by atoms with Gasteiger partial charge in [-0.15, -0.1) is 0 Å². The lowest BCUT2D eigenvalue weighted by molar-refractivity contribution is -0.608. The Balaban J connectivity index is 1.89. The number of Topliss-reactive ketones (excluding diaryl/α,β-unsaturated/α-hetero) is 1. The lowest BCUT2D eigenvalue weighted by Crippen LogP contribution is -2.35. The number of aryl methyl sites for hydroxylation is 2. The Bertz CT molecular complexity index is 1300. The molecule has 2 atom stereocenters. The van der Waals surface area contributed by atoms with Gasteiger partial charge in [-0.2, -0.15) is 4.73 Å². The molecule has 1 aromatic heterocycles. The molecule has 0 aliphatic rings. The summed E-state index contributed by atoms with van der Waals surface area (Å²) >= 11 is 0. The molecule has 0 radical (unpaired) electrons. The molecule has 0 bridgehead atoms. The molecule has 0 fully saturated rings. The Morgan fingerprint density at radius 1 is 0.897 bits per heavy atom. The molecule has 9 nitrogen and oxygen atoms in total. The van der Waals surface area contributed by atoms with Crippen molar-refractivity contribution in [1.82, 2.24) is 0 Å². The van der Waals surface area contributed by atoms with Gasteiger partial charge in [0.2, 0.25) is 11.5 Å². The summed E-state index contributed by atoms with van der Waals surface area (Å²) in [6.45, 7) is 7.25. The number of carbonyl (C=O) groups is 2. The molecule has 39 heavy (non-hydrogen) atoms. The van der Waals surface area contributed by atoms with Gasteiger partial charge >= 0.3 is 11.7 Å². The largest absolute Gasteiger partial charge is 0.618 e. The summed E-state index contributed by atoms with van der Waals surface area (Å²) in [5.74, 6) is -1.81. The molecular weight excluding hydrogens is 502 g/mol. The van der Waals surface area contributed by atoms with Crippen molar-refractivity contribution in [3.05, 3.63) is 81.8 Å². The van der Waals surface area contributed by atoms with Crippen LogP contribution in [0.5, 0.6) is 23.0 Å². The predicted molar refractivity (Wildman–Crippen MR) is 145 cm³/mol. The molecule has 1 heterocycles. The Morgan fingerprint density at radius 3 is 1.92 bits per heavy atom. The highest BCUT2D eigenvalue weighted by molar-refractivity contribution is 5.98. The molecule has 0 unspecified atom stereocenters. The van der Waals surface area contributed by atoms with E-state index in [0.717, 1.165) is 28.5 Å². The molecular formula is C30H35NO8. The molecule has 208 valence electrons. The molecule has 1 N–H and O–H groups in total. The fourth-order valence-electron chi connectivity index (χ4n) is 4.64. The zero-order valence-corrected chi connectivity index (χ0v) is 23.3. The van der Waals surface area contributed by atoms with Gasteiger partial charge < -0.3 is 29.3 Å². The van der Waals surface area contributed by atoms with Crippen LogP contribution in [0.25, 0.3) is 0 Å². The Kier molecular flexibility index (Phi) is 9.40. The van der Waals surface area contributed by atoms with E-state index in [-0.39, 0.29) is 22.8 Å². The number of aromatic nitrogens is 1.